The Hall–Kier alpha value is -2.68. The first-order chi connectivity index (χ1) is 10.2. The maximum atomic E-state index is 12.2. The number of carbonyl (C=O) groups excluding carboxylic acids is 1. The van der Waals surface area contributed by atoms with Gasteiger partial charge in [0.2, 0.25) is 5.91 Å². The van der Waals surface area contributed by atoms with Gasteiger partial charge in [-0.2, -0.15) is 0 Å². The molecule has 1 heterocycles. The van der Waals surface area contributed by atoms with Gasteiger partial charge in [0.05, 0.1) is 17.6 Å². The van der Waals surface area contributed by atoms with Gasteiger partial charge in [-0.05, 0) is 30.2 Å². The number of para-hydroxylation sites is 1. The molecule has 3 nitrogen and oxygen atoms in total. The summed E-state index contributed by atoms with van der Waals surface area (Å²) in [6, 6.07) is 17.6. The highest BCUT2D eigenvalue weighted by Gasteiger charge is 2.08. The van der Waals surface area contributed by atoms with Crippen LogP contribution in [0.5, 0.6) is 0 Å². The number of amides is 1. The van der Waals surface area contributed by atoms with Crippen LogP contribution in [0, 0.1) is 6.92 Å². The van der Waals surface area contributed by atoms with Crippen LogP contribution < -0.4 is 5.32 Å². The second kappa shape index (κ2) is 5.75. The highest BCUT2D eigenvalue weighted by molar-refractivity contribution is 6.00. The molecule has 104 valence electrons. The lowest BCUT2D eigenvalue weighted by molar-refractivity contribution is -0.115. The predicted molar refractivity (Wildman–Crippen MR) is 85.3 cm³/mol. The Morgan fingerprint density at radius 3 is 2.71 bits per heavy atom. The lowest BCUT2D eigenvalue weighted by Gasteiger charge is -2.09. The number of aromatic nitrogens is 1. The van der Waals surface area contributed by atoms with Crippen LogP contribution >= 0.6 is 0 Å². The number of pyridine rings is 1. The van der Waals surface area contributed by atoms with E-state index in [1.165, 1.54) is 0 Å². The van der Waals surface area contributed by atoms with E-state index in [1.54, 1.807) is 6.20 Å². The van der Waals surface area contributed by atoms with Gasteiger partial charge in [0.25, 0.3) is 0 Å². The van der Waals surface area contributed by atoms with Crippen LogP contribution in [0.4, 0.5) is 5.69 Å². The van der Waals surface area contributed by atoms with Crippen LogP contribution in [0.15, 0.2) is 60.8 Å². The summed E-state index contributed by atoms with van der Waals surface area (Å²) in [5.41, 5.74) is 3.75. The van der Waals surface area contributed by atoms with E-state index < -0.39 is 0 Å². The van der Waals surface area contributed by atoms with E-state index in [2.05, 4.69) is 10.3 Å². The Morgan fingerprint density at radius 2 is 1.86 bits per heavy atom. The summed E-state index contributed by atoms with van der Waals surface area (Å²) >= 11 is 0. The van der Waals surface area contributed by atoms with Crippen molar-refractivity contribution in [2.75, 3.05) is 5.32 Å². The van der Waals surface area contributed by atoms with E-state index >= 15 is 0 Å². The number of aryl methyl sites for hydroxylation is 1. The zero-order chi connectivity index (χ0) is 14.7. The molecular weight excluding hydrogens is 260 g/mol. The fraction of sp³-hybridized carbons (Fsp3) is 0.111. The Labute approximate surface area is 123 Å². The van der Waals surface area contributed by atoms with E-state index in [0.29, 0.717) is 6.42 Å². The number of anilines is 1. The SMILES string of the molecule is Cc1ccccc1CC(=O)Nc1cccc2cccnc12. The second-order valence-electron chi connectivity index (χ2n) is 5.03. The van der Waals surface area contributed by atoms with Crippen molar-refractivity contribution in [2.45, 2.75) is 13.3 Å². The van der Waals surface area contributed by atoms with Gasteiger partial charge >= 0.3 is 0 Å². The summed E-state index contributed by atoms with van der Waals surface area (Å²) in [6.45, 7) is 2.02. The Bertz CT molecular complexity index is 791. The molecule has 3 rings (SSSR count). The van der Waals surface area contributed by atoms with Crippen molar-refractivity contribution in [1.82, 2.24) is 4.98 Å². The fourth-order valence-corrected chi connectivity index (χ4v) is 2.38. The molecule has 1 aromatic heterocycles. The van der Waals surface area contributed by atoms with Gasteiger partial charge in [-0.1, -0.05) is 42.5 Å². The molecule has 3 heteroatoms. The summed E-state index contributed by atoms with van der Waals surface area (Å²) in [6.07, 6.45) is 2.11. The van der Waals surface area contributed by atoms with E-state index in [9.17, 15) is 4.79 Å². The molecule has 0 aliphatic heterocycles. The lowest BCUT2D eigenvalue weighted by Crippen LogP contribution is -2.15. The summed E-state index contributed by atoms with van der Waals surface area (Å²) < 4.78 is 0. The van der Waals surface area contributed by atoms with Crippen molar-refractivity contribution in [1.29, 1.82) is 0 Å². The Kier molecular flexibility index (Phi) is 3.65. The highest BCUT2D eigenvalue weighted by atomic mass is 16.1. The molecule has 0 saturated heterocycles. The van der Waals surface area contributed by atoms with Crippen molar-refractivity contribution in [2.24, 2.45) is 0 Å². The fourth-order valence-electron chi connectivity index (χ4n) is 2.38. The van der Waals surface area contributed by atoms with Gasteiger partial charge in [-0.15, -0.1) is 0 Å². The topological polar surface area (TPSA) is 42.0 Å². The molecule has 21 heavy (non-hydrogen) atoms. The van der Waals surface area contributed by atoms with E-state index in [4.69, 9.17) is 0 Å². The van der Waals surface area contributed by atoms with Crippen LogP contribution in [0.3, 0.4) is 0 Å². The van der Waals surface area contributed by atoms with Crippen LogP contribution in [0.2, 0.25) is 0 Å². The average molecular weight is 276 g/mol. The van der Waals surface area contributed by atoms with Crippen molar-refractivity contribution in [3.8, 4) is 0 Å². The number of hydrogen-bond acceptors (Lipinski definition) is 2. The second-order valence-corrected chi connectivity index (χ2v) is 5.03. The number of fused-ring (bicyclic) bond motifs is 1. The summed E-state index contributed by atoms with van der Waals surface area (Å²) in [4.78, 5) is 16.6. The van der Waals surface area contributed by atoms with E-state index in [0.717, 1.165) is 27.7 Å². The minimum Gasteiger partial charge on any atom is -0.324 e. The molecule has 0 fully saturated rings. The largest absolute Gasteiger partial charge is 0.324 e. The van der Waals surface area contributed by atoms with E-state index in [1.807, 2.05) is 61.5 Å². The number of nitrogens with zero attached hydrogens (tertiary/aromatic N) is 1. The predicted octanol–water partition coefficient (Wildman–Crippen LogP) is 3.72. The molecular formula is C18H16N2O. The minimum absolute atomic E-state index is 0.0255. The first-order valence-corrected chi connectivity index (χ1v) is 6.92. The molecule has 0 bridgehead atoms. The molecule has 0 atom stereocenters. The molecule has 0 aliphatic rings. The van der Waals surface area contributed by atoms with Gasteiger partial charge in [-0.3, -0.25) is 9.78 Å². The van der Waals surface area contributed by atoms with E-state index in [-0.39, 0.29) is 5.91 Å². The zero-order valence-corrected chi connectivity index (χ0v) is 11.8. The molecule has 1 N–H and O–H groups in total. The van der Waals surface area contributed by atoms with Crippen LogP contribution in [-0.2, 0) is 11.2 Å². The summed E-state index contributed by atoms with van der Waals surface area (Å²) in [5.74, 6) is -0.0255. The third-order valence-electron chi connectivity index (χ3n) is 3.52. The quantitative estimate of drug-likeness (QED) is 0.792. The third-order valence-corrected chi connectivity index (χ3v) is 3.52. The maximum Gasteiger partial charge on any atom is 0.228 e. The van der Waals surface area contributed by atoms with Crippen molar-refractivity contribution in [3.05, 3.63) is 71.9 Å². The monoisotopic (exact) mass is 276 g/mol. The van der Waals surface area contributed by atoms with Gasteiger partial charge in [0.15, 0.2) is 0 Å². The number of hydrogen-bond donors (Lipinski definition) is 1. The third kappa shape index (κ3) is 2.92. The molecule has 0 aliphatic carbocycles. The molecule has 0 unspecified atom stereocenters. The van der Waals surface area contributed by atoms with Gasteiger partial charge in [-0.25, -0.2) is 0 Å². The first kappa shape index (κ1) is 13.3. The first-order valence-electron chi connectivity index (χ1n) is 6.92. The number of benzene rings is 2. The highest BCUT2D eigenvalue weighted by Crippen LogP contribution is 2.21. The Balaban J connectivity index is 1.82. The average Bonchev–Trinajstić information content (AvgIpc) is 2.50. The molecule has 0 radical (unpaired) electrons. The molecule has 0 spiro atoms. The number of rotatable bonds is 3. The molecule has 0 saturated carbocycles. The summed E-state index contributed by atoms with van der Waals surface area (Å²) in [5, 5.41) is 3.98. The van der Waals surface area contributed by atoms with Gasteiger partial charge in [0.1, 0.15) is 0 Å². The summed E-state index contributed by atoms with van der Waals surface area (Å²) in [7, 11) is 0. The van der Waals surface area contributed by atoms with Gasteiger partial charge in [0, 0.05) is 11.6 Å². The van der Waals surface area contributed by atoms with Crippen molar-refractivity contribution >= 4 is 22.5 Å². The standard InChI is InChI=1S/C18H16N2O/c1-13-6-2-3-7-15(13)12-17(21)20-16-10-4-8-14-9-5-11-19-18(14)16/h2-11H,12H2,1H3,(H,20,21). The molecule has 3 aromatic rings. The smallest absolute Gasteiger partial charge is 0.228 e. The normalized spacial score (nSPS) is 10.5. The zero-order valence-electron chi connectivity index (χ0n) is 11.8. The number of carbonyl (C=O) groups is 1. The lowest BCUT2D eigenvalue weighted by atomic mass is 10.1. The maximum absolute atomic E-state index is 12.2. The molecule has 1 amide bonds. The Morgan fingerprint density at radius 1 is 1.05 bits per heavy atom. The minimum atomic E-state index is -0.0255. The number of nitrogens with one attached hydrogen (secondary N) is 1. The van der Waals surface area contributed by atoms with Crippen LogP contribution in [-0.4, -0.2) is 10.9 Å². The molecule has 2 aromatic carbocycles. The van der Waals surface area contributed by atoms with Crippen molar-refractivity contribution in [3.63, 3.8) is 0 Å². The van der Waals surface area contributed by atoms with Gasteiger partial charge < -0.3 is 5.32 Å². The van der Waals surface area contributed by atoms with Crippen molar-refractivity contribution < 1.29 is 4.79 Å². The van der Waals surface area contributed by atoms with Crippen LogP contribution in [0.1, 0.15) is 11.1 Å². The van der Waals surface area contributed by atoms with Crippen LogP contribution in [0.25, 0.3) is 10.9 Å².